The van der Waals surface area contributed by atoms with Crippen LogP contribution in [0.25, 0.3) is 0 Å². The summed E-state index contributed by atoms with van der Waals surface area (Å²) < 4.78 is 0. The number of rotatable bonds is 2. The van der Waals surface area contributed by atoms with E-state index in [9.17, 15) is 0 Å². The van der Waals surface area contributed by atoms with Crippen molar-refractivity contribution in [3.63, 3.8) is 0 Å². The summed E-state index contributed by atoms with van der Waals surface area (Å²) in [5, 5.41) is 3.44. The SMILES string of the molecule is NC1CCC(c2ccc(C3CCNCC3)cc2)CC1. The predicted octanol–water partition coefficient (Wildman–Crippen LogP) is 3.14. The zero-order chi connectivity index (χ0) is 13.1. The topological polar surface area (TPSA) is 38.0 Å². The minimum Gasteiger partial charge on any atom is -0.328 e. The molecule has 104 valence electrons. The first-order chi connectivity index (χ1) is 9.33. The molecule has 0 spiro atoms. The maximum absolute atomic E-state index is 5.99. The molecule has 1 saturated heterocycles. The molecule has 1 aromatic rings. The molecule has 3 N–H and O–H groups in total. The molecule has 19 heavy (non-hydrogen) atoms. The van der Waals surface area contributed by atoms with E-state index in [1.54, 1.807) is 0 Å². The van der Waals surface area contributed by atoms with Crippen molar-refractivity contribution in [3.05, 3.63) is 35.4 Å². The summed E-state index contributed by atoms with van der Waals surface area (Å²) in [7, 11) is 0. The van der Waals surface area contributed by atoms with Gasteiger partial charge in [0.1, 0.15) is 0 Å². The van der Waals surface area contributed by atoms with Gasteiger partial charge in [-0.2, -0.15) is 0 Å². The van der Waals surface area contributed by atoms with E-state index in [0.29, 0.717) is 6.04 Å². The second-order valence-electron chi connectivity index (χ2n) is 6.30. The molecule has 0 amide bonds. The maximum atomic E-state index is 5.99. The molecule has 0 bridgehead atoms. The van der Waals surface area contributed by atoms with Gasteiger partial charge in [0.25, 0.3) is 0 Å². The quantitative estimate of drug-likeness (QED) is 0.855. The van der Waals surface area contributed by atoms with Crippen LogP contribution in [0.2, 0.25) is 0 Å². The zero-order valence-corrected chi connectivity index (χ0v) is 11.8. The lowest BCUT2D eigenvalue weighted by molar-refractivity contribution is 0.395. The number of nitrogens with one attached hydrogen (secondary N) is 1. The predicted molar refractivity (Wildman–Crippen MR) is 80.5 cm³/mol. The minimum atomic E-state index is 0.449. The molecule has 2 heteroatoms. The van der Waals surface area contributed by atoms with Crippen molar-refractivity contribution < 1.29 is 0 Å². The van der Waals surface area contributed by atoms with Gasteiger partial charge >= 0.3 is 0 Å². The molecule has 0 aromatic heterocycles. The summed E-state index contributed by atoms with van der Waals surface area (Å²) in [4.78, 5) is 0. The van der Waals surface area contributed by atoms with Crippen LogP contribution >= 0.6 is 0 Å². The van der Waals surface area contributed by atoms with E-state index >= 15 is 0 Å². The third kappa shape index (κ3) is 3.18. The molecule has 1 aliphatic heterocycles. The molecule has 1 saturated carbocycles. The Balaban J connectivity index is 1.65. The van der Waals surface area contributed by atoms with Crippen molar-refractivity contribution in [1.82, 2.24) is 5.32 Å². The van der Waals surface area contributed by atoms with Gasteiger partial charge in [-0.15, -0.1) is 0 Å². The highest BCUT2D eigenvalue weighted by Gasteiger charge is 2.20. The molecule has 1 heterocycles. The molecule has 0 unspecified atom stereocenters. The van der Waals surface area contributed by atoms with Crippen LogP contribution in [0.4, 0.5) is 0 Å². The molecule has 2 aliphatic rings. The Kier molecular flexibility index (Phi) is 4.19. The second kappa shape index (κ2) is 6.06. The van der Waals surface area contributed by atoms with E-state index in [4.69, 9.17) is 5.73 Å². The molecule has 3 rings (SSSR count). The Labute approximate surface area is 116 Å². The molecule has 2 fully saturated rings. The Morgan fingerprint density at radius 1 is 0.737 bits per heavy atom. The van der Waals surface area contributed by atoms with Gasteiger partial charge in [0.2, 0.25) is 0 Å². The molecular weight excluding hydrogens is 232 g/mol. The van der Waals surface area contributed by atoms with Crippen LogP contribution in [0, 0.1) is 0 Å². The van der Waals surface area contributed by atoms with Crippen molar-refractivity contribution in [2.45, 2.75) is 56.4 Å². The number of hydrogen-bond acceptors (Lipinski definition) is 2. The largest absolute Gasteiger partial charge is 0.328 e. The fraction of sp³-hybridized carbons (Fsp3) is 0.647. The number of nitrogens with two attached hydrogens (primary N) is 1. The van der Waals surface area contributed by atoms with Gasteiger partial charge in [0.15, 0.2) is 0 Å². The third-order valence-corrected chi connectivity index (χ3v) is 4.99. The van der Waals surface area contributed by atoms with E-state index in [1.807, 2.05) is 0 Å². The van der Waals surface area contributed by atoms with Gasteiger partial charge in [0.05, 0.1) is 0 Å². The van der Waals surface area contributed by atoms with Gasteiger partial charge in [-0.1, -0.05) is 24.3 Å². The Morgan fingerprint density at radius 3 is 1.74 bits per heavy atom. The first-order valence-corrected chi connectivity index (χ1v) is 7.89. The summed E-state index contributed by atoms with van der Waals surface area (Å²) >= 11 is 0. The molecule has 1 aliphatic carbocycles. The smallest absolute Gasteiger partial charge is 0.00392 e. The van der Waals surface area contributed by atoms with Crippen LogP contribution in [0.15, 0.2) is 24.3 Å². The zero-order valence-electron chi connectivity index (χ0n) is 11.8. The number of piperidine rings is 1. The Bertz CT molecular complexity index is 384. The Hall–Kier alpha value is -0.860. The normalized spacial score (nSPS) is 29.3. The van der Waals surface area contributed by atoms with Gasteiger partial charge in [-0.25, -0.2) is 0 Å². The first kappa shape index (κ1) is 13.1. The second-order valence-corrected chi connectivity index (χ2v) is 6.30. The molecule has 0 radical (unpaired) electrons. The highest BCUT2D eigenvalue weighted by molar-refractivity contribution is 5.28. The highest BCUT2D eigenvalue weighted by Crippen LogP contribution is 2.33. The summed E-state index contributed by atoms with van der Waals surface area (Å²) in [6.07, 6.45) is 7.51. The van der Waals surface area contributed by atoms with E-state index < -0.39 is 0 Å². The maximum Gasteiger partial charge on any atom is 0.00392 e. The Morgan fingerprint density at radius 2 is 1.21 bits per heavy atom. The molecular formula is C17H26N2. The summed E-state index contributed by atoms with van der Waals surface area (Å²) in [6, 6.07) is 9.95. The van der Waals surface area contributed by atoms with E-state index in [1.165, 1.54) is 62.7 Å². The molecule has 2 nitrogen and oxygen atoms in total. The van der Waals surface area contributed by atoms with Crippen LogP contribution in [-0.2, 0) is 0 Å². The molecule has 0 atom stereocenters. The fourth-order valence-corrected chi connectivity index (χ4v) is 3.65. The van der Waals surface area contributed by atoms with E-state index in [2.05, 4.69) is 29.6 Å². The van der Waals surface area contributed by atoms with Crippen LogP contribution < -0.4 is 11.1 Å². The fourth-order valence-electron chi connectivity index (χ4n) is 3.65. The lowest BCUT2D eigenvalue weighted by atomic mass is 9.81. The summed E-state index contributed by atoms with van der Waals surface area (Å²) in [5.74, 6) is 1.52. The van der Waals surface area contributed by atoms with Crippen LogP contribution in [-0.4, -0.2) is 19.1 Å². The van der Waals surface area contributed by atoms with Gasteiger partial charge in [0, 0.05) is 6.04 Å². The minimum absolute atomic E-state index is 0.449. The van der Waals surface area contributed by atoms with Gasteiger partial charge in [-0.05, 0) is 74.6 Å². The monoisotopic (exact) mass is 258 g/mol. The van der Waals surface area contributed by atoms with E-state index in [0.717, 1.165) is 11.8 Å². The number of benzene rings is 1. The third-order valence-electron chi connectivity index (χ3n) is 4.99. The van der Waals surface area contributed by atoms with Crippen LogP contribution in [0.5, 0.6) is 0 Å². The number of hydrogen-bond donors (Lipinski definition) is 2. The van der Waals surface area contributed by atoms with Crippen molar-refractivity contribution in [2.75, 3.05) is 13.1 Å². The average molecular weight is 258 g/mol. The van der Waals surface area contributed by atoms with Gasteiger partial charge in [-0.3, -0.25) is 0 Å². The summed E-state index contributed by atoms with van der Waals surface area (Å²) in [5.41, 5.74) is 9.06. The van der Waals surface area contributed by atoms with Gasteiger partial charge < -0.3 is 11.1 Å². The van der Waals surface area contributed by atoms with Crippen molar-refractivity contribution in [3.8, 4) is 0 Å². The average Bonchev–Trinajstić information content (AvgIpc) is 2.49. The first-order valence-electron chi connectivity index (χ1n) is 7.89. The van der Waals surface area contributed by atoms with E-state index in [-0.39, 0.29) is 0 Å². The highest BCUT2D eigenvalue weighted by atomic mass is 14.9. The lowest BCUT2D eigenvalue weighted by Crippen LogP contribution is -2.26. The van der Waals surface area contributed by atoms with Crippen LogP contribution in [0.1, 0.15) is 61.5 Å². The molecule has 1 aromatic carbocycles. The van der Waals surface area contributed by atoms with Crippen molar-refractivity contribution in [1.29, 1.82) is 0 Å². The van der Waals surface area contributed by atoms with Crippen molar-refractivity contribution in [2.24, 2.45) is 5.73 Å². The van der Waals surface area contributed by atoms with Crippen molar-refractivity contribution >= 4 is 0 Å². The summed E-state index contributed by atoms with van der Waals surface area (Å²) in [6.45, 7) is 2.35. The lowest BCUT2D eigenvalue weighted by Gasteiger charge is -2.27. The standard InChI is InChI=1S/C17H26N2/c18-17-7-5-15(6-8-17)13-1-3-14(4-2-13)16-9-11-19-12-10-16/h1-4,15-17,19H,5-12,18H2. The van der Waals surface area contributed by atoms with Crippen LogP contribution in [0.3, 0.4) is 0 Å².